The van der Waals surface area contributed by atoms with Gasteiger partial charge in [0.05, 0.1) is 6.10 Å². The van der Waals surface area contributed by atoms with Gasteiger partial charge in [-0.1, -0.05) is 48.5 Å². The Hall–Kier alpha value is -1.36. The minimum absolute atomic E-state index is 0.110. The van der Waals surface area contributed by atoms with E-state index in [1.54, 1.807) is 10.8 Å². The lowest BCUT2D eigenvalue weighted by atomic mass is 9.68. The van der Waals surface area contributed by atoms with Gasteiger partial charge in [-0.2, -0.15) is 4.98 Å². The van der Waals surface area contributed by atoms with E-state index in [9.17, 15) is 4.79 Å². The average molecular weight is 335 g/mol. The highest BCUT2D eigenvalue weighted by molar-refractivity contribution is 5.35. The fraction of sp³-hybridized carbons (Fsp3) is 0.789. The normalized spacial score (nSPS) is 26.6. The standard InChI is InChI=1S/C19H33N3O2/c1-11-10-22(17(23)21-16(11)20)14-9-13(19(6,7)8)15(24-14)12(2)18(3,4)5/h10,12-15H,9H2,1-8H3,(H2,20,21,23)/t12-,13+,14+,15+/m0/s1. The van der Waals surface area contributed by atoms with Crippen molar-refractivity contribution in [2.75, 3.05) is 5.73 Å². The maximum atomic E-state index is 12.3. The zero-order valence-corrected chi connectivity index (χ0v) is 16.4. The predicted octanol–water partition coefficient (Wildman–Crippen LogP) is 3.77. The lowest BCUT2D eigenvalue weighted by molar-refractivity contribution is -0.0665. The molecule has 1 aliphatic heterocycles. The van der Waals surface area contributed by atoms with Gasteiger partial charge in [-0.15, -0.1) is 0 Å². The molecule has 2 heterocycles. The van der Waals surface area contributed by atoms with Gasteiger partial charge in [-0.3, -0.25) is 4.57 Å². The molecule has 5 nitrogen and oxygen atoms in total. The Kier molecular flexibility index (Phi) is 4.88. The molecule has 0 unspecified atom stereocenters. The highest BCUT2D eigenvalue weighted by Gasteiger charge is 2.47. The Morgan fingerprint density at radius 2 is 1.88 bits per heavy atom. The molecule has 1 aromatic heterocycles. The number of nitrogens with two attached hydrogens (primary N) is 1. The molecule has 1 saturated heterocycles. The number of anilines is 1. The zero-order valence-electron chi connectivity index (χ0n) is 16.4. The molecule has 0 radical (unpaired) electrons. The monoisotopic (exact) mass is 335 g/mol. The number of aryl methyl sites for hydroxylation is 1. The SMILES string of the molecule is Cc1cn([C@H]2C[C@@H](C(C)(C)C)[C@@H]([C@H](C)C(C)(C)C)O2)c(=O)nc1N. The molecule has 2 N–H and O–H groups in total. The first-order valence-electron chi connectivity index (χ1n) is 8.83. The van der Waals surface area contributed by atoms with E-state index < -0.39 is 0 Å². The molecule has 1 aliphatic rings. The molecule has 136 valence electrons. The van der Waals surface area contributed by atoms with Gasteiger partial charge < -0.3 is 10.5 Å². The molecule has 0 aromatic carbocycles. The van der Waals surface area contributed by atoms with Gasteiger partial charge in [-0.05, 0) is 36.0 Å². The van der Waals surface area contributed by atoms with E-state index in [0.29, 0.717) is 17.7 Å². The number of hydrogen-bond acceptors (Lipinski definition) is 4. The van der Waals surface area contributed by atoms with E-state index in [0.717, 1.165) is 12.0 Å². The largest absolute Gasteiger partial charge is 0.383 e. The summed E-state index contributed by atoms with van der Waals surface area (Å²) in [4.78, 5) is 16.2. The summed E-state index contributed by atoms with van der Waals surface area (Å²) in [5.74, 6) is 1.05. The van der Waals surface area contributed by atoms with Crippen LogP contribution in [0.1, 0.15) is 66.7 Å². The number of hydrogen-bond donors (Lipinski definition) is 1. The summed E-state index contributed by atoms with van der Waals surface area (Å²) in [7, 11) is 0. The highest BCUT2D eigenvalue weighted by atomic mass is 16.5. The molecule has 5 heteroatoms. The fourth-order valence-electron chi connectivity index (χ4n) is 3.45. The third-order valence-corrected chi connectivity index (χ3v) is 5.62. The van der Waals surface area contributed by atoms with Crippen LogP contribution in [-0.2, 0) is 4.74 Å². The van der Waals surface area contributed by atoms with Crippen molar-refractivity contribution in [3.8, 4) is 0 Å². The maximum absolute atomic E-state index is 12.3. The van der Waals surface area contributed by atoms with Gasteiger partial charge in [0.1, 0.15) is 12.0 Å². The van der Waals surface area contributed by atoms with E-state index in [2.05, 4.69) is 53.5 Å². The van der Waals surface area contributed by atoms with Crippen molar-refractivity contribution in [2.45, 2.75) is 74.1 Å². The molecular formula is C19H33N3O2. The quantitative estimate of drug-likeness (QED) is 0.893. The van der Waals surface area contributed by atoms with Gasteiger partial charge in [0, 0.05) is 11.8 Å². The van der Waals surface area contributed by atoms with E-state index in [4.69, 9.17) is 10.5 Å². The molecule has 0 amide bonds. The molecule has 0 bridgehead atoms. The molecule has 1 fully saturated rings. The van der Waals surface area contributed by atoms with Gasteiger partial charge in [0.2, 0.25) is 0 Å². The molecule has 1 aromatic rings. The van der Waals surface area contributed by atoms with Crippen LogP contribution in [-0.4, -0.2) is 15.7 Å². The topological polar surface area (TPSA) is 70.1 Å². The van der Waals surface area contributed by atoms with Crippen molar-refractivity contribution in [3.05, 3.63) is 22.2 Å². The van der Waals surface area contributed by atoms with Crippen LogP contribution in [0.4, 0.5) is 5.82 Å². The van der Waals surface area contributed by atoms with Crippen LogP contribution < -0.4 is 11.4 Å². The summed E-state index contributed by atoms with van der Waals surface area (Å²) in [6.45, 7) is 17.6. The number of nitrogens with zero attached hydrogens (tertiary/aromatic N) is 2. The molecule has 0 spiro atoms. The first-order chi connectivity index (χ1) is 10.8. The van der Waals surface area contributed by atoms with Crippen molar-refractivity contribution in [1.82, 2.24) is 9.55 Å². The summed E-state index contributed by atoms with van der Waals surface area (Å²) in [6.07, 6.45) is 2.43. The van der Waals surface area contributed by atoms with Gasteiger partial charge in [0.15, 0.2) is 0 Å². The number of rotatable bonds is 2. The van der Waals surface area contributed by atoms with Gasteiger partial charge >= 0.3 is 5.69 Å². The van der Waals surface area contributed by atoms with E-state index in [1.165, 1.54) is 0 Å². The molecule has 0 aliphatic carbocycles. The van der Waals surface area contributed by atoms with Crippen LogP contribution in [0.15, 0.2) is 11.0 Å². The Morgan fingerprint density at radius 3 is 2.38 bits per heavy atom. The molecular weight excluding hydrogens is 302 g/mol. The smallest absolute Gasteiger partial charge is 0.351 e. The highest BCUT2D eigenvalue weighted by Crippen LogP contribution is 2.48. The third-order valence-electron chi connectivity index (χ3n) is 5.62. The van der Waals surface area contributed by atoms with Crippen LogP contribution in [0.5, 0.6) is 0 Å². The Balaban J connectivity index is 2.40. The summed E-state index contributed by atoms with van der Waals surface area (Å²) in [5.41, 5.74) is 6.47. The molecule has 4 atom stereocenters. The summed E-state index contributed by atoms with van der Waals surface area (Å²) in [5, 5.41) is 0. The molecule has 2 rings (SSSR count). The van der Waals surface area contributed by atoms with E-state index in [1.807, 2.05) is 6.92 Å². The second-order valence-corrected chi connectivity index (χ2v) is 9.42. The minimum atomic E-state index is -0.333. The third kappa shape index (κ3) is 3.66. The number of ether oxygens (including phenoxy) is 1. The average Bonchev–Trinajstić information content (AvgIpc) is 2.85. The van der Waals surface area contributed by atoms with Crippen LogP contribution in [0.25, 0.3) is 0 Å². The maximum Gasteiger partial charge on any atom is 0.351 e. The Morgan fingerprint density at radius 1 is 1.29 bits per heavy atom. The van der Waals surface area contributed by atoms with Gasteiger partial charge in [-0.25, -0.2) is 4.79 Å². The second-order valence-electron chi connectivity index (χ2n) is 9.42. The van der Waals surface area contributed by atoms with Crippen LogP contribution in [0.2, 0.25) is 0 Å². The first kappa shape index (κ1) is 19.0. The van der Waals surface area contributed by atoms with Crippen molar-refractivity contribution in [1.29, 1.82) is 0 Å². The van der Waals surface area contributed by atoms with Crippen molar-refractivity contribution in [3.63, 3.8) is 0 Å². The minimum Gasteiger partial charge on any atom is -0.383 e. The molecule has 0 saturated carbocycles. The number of nitrogen functional groups attached to an aromatic ring is 1. The van der Waals surface area contributed by atoms with Crippen molar-refractivity contribution < 1.29 is 4.74 Å². The summed E-state index contributed by atoms with van der Waals surface area (Å²) >= 11 is 0. The van der Waals surface area contributed by atoms with E-state index in [-0.39, 0.29) is 28.9 Å². The summed E-state index contributed by atoms with van der Waals surface area (Å²) < 4.78 is 8.04. The van der Waals surface area contributed by atoms with Crippen LogP contribution >= 0.6 is 0 Å². The first-order valence-corrected chi connectivity index (χ1v) is 8.83. The van der Waals surface area contributed by atoms with Crippen molar-refractivity contribution in [2.24, 2.45) is 22.7 Å². The van der Waals surface area contributed by atoms with Crippen LogP contribution in [0.3, 0.4) is 0 Å². The zero-order chi connectivity index (χ0) is 18.4. The Labute approximate surface area is 145 Å². The lowest BCUT2D eigenvalue weighted by Gasteiger charge is -2.39. The summed E-state index contributed by atoms with van der Waals surface area (Å²) in [6, 6.07) is 0. The second kappa shape index (κ2) is 6.17. The van der Waals surface area contributed by atoms with Crippen molar-refractivity contribution >= 4 is 5.82 Å². The lowest BCUT2D eigenvalue weighted by Crippen LogP contribution is -2.38. The van der Waals surface area contributed by atoms with E-state index >= 15 is 0 Å². The molecule has 24 heavy (non-hydrogen) atoms. The van der Waals surface area contributed by atoms with Gasteiger partial charge in [0.25, 0.3) is 0 Å². The fourth-order valence-corrected chi connectivity index (χ4v) is 3.45. The number of aromatic nitrogens is 2. The van der Waals surface area contributed by atoms with Crippen LogP contribution in [0, 0.1) is 29.6 Å². The predicted molar refractivity (Wildman–Crippen MR) is 97.7 cm³/mol. The Bertz CT molecular complexity index is 652.